The van der Waals surface area contributed by atoms with Gasteiger partial charge in [-0.25, -0.2) is 0 Å². The van der Waals surface area contributed by atoms with Gasteiger partial charge in [-0.15, -0.1) is 0 Å². The molecule has 0 amide bonds. The second-order valence-corrected chi connectivity index (χ2v) is 5.56. The fourth-order valence-electron chi connectivity index (χ4n) is 3.10. The van der Waals surface area contributed by atoms with E-state index >= 15 is 0 Å². The number of methoxy groups -OCH3 is 2. The van der Waals surface area contributed by atoms with E-state index in [1.807, 2.05) is 6.92 Å². The molecule has 3 unspecified atom stereocenters. The van der Waals surface area contributed by atoms with Crippen LogP contribution >= 0.6 is 0 Å². The molecule has 0 N–H and O–H groups in total. The molecule has 0 spiro atoms. The van der Waals surface area contributed by atoms with Gasteiger partial charge in [-0.05, 0) is 37.5 Å². The molecular weight excluding hydrogens is 244 g/mol. The lowest BCUT2D eigenvalue weighted by molar-refractivity contribution is -0.163. The van der Waals surface area contributed by atoms with Crippen molar-refractivity contribution in [2.45, 2.75) is 33.1 Å². The topological polar surface area (TPSA) is 52.6 Å². The van der Waals surface area contributed by atoms with Crippen molar-refractivity contribution in [2.75, 3.05) is 14.2 Å². The normalized spacial score (nSPS) is 26.9. The largest absolute Gasteiger partial charge is 0.468 e. The highest BCUT2D eigenvalue weighted by molar-refractivity contribution is 5.95. The molecule has 0 bridgehead atoms. The average Bonchev–Trinajstić information content (AvgIpc) is 2.38. The summed E-state index contributed by atoms with van der Waals surface area (Å²) in [4.78, 5) is 23.9. The number of allylic oxidation sites excluding steroid dienone is 1. The number of carbonyl (C=O) groups excluding carboxylic acids is 2. The highest BCUT2D eigenvalue weighted by Crippen LogP contribution is 2.42. The van der Waals surface area contributed by atoms with Gasteiger partial charge in [0, 0.05) is 0 Å². The maximum atomic E-state index is 11.9. The van der Waals surface area contributed by atoms with E-state index in [2.05, 4.69) is 13.5 Å². The summed E-state index contributed by atoms with van der Waals surface area (Å²) in [5.41, 5.74) is 1.02. The van der Waals surface area contributed by atoms with E-state index in [0.29, 0.717) is 5.92 Å². The molecular formula is C15H24O4. The Bertz CT molecular complexity index is 345. The van der Waals surface area contributed by atoms with Crippen molar-refractivity contribution in [2.24, 2.45) is 23.7 Å². The Morgan fingerprint density at radius 2 is 1.68 bits per heavy atom. The lowest BCUT2D eigenvalue weighted by atomic mass is 9.67. The fourth-order valence-corrected chi connectivity index (χ4v) is 3.10. The highest BCUT2D eigenvalue weighted by atomic mass is 16.5. The maximum absolute atomic E-state index is 11.9. The first kappa shape index (κ1) is 15.7. The molecule has 0 saturated heterocycles. The molecule has 1 aliphatic carbocycles. The van der Waals surface area contributed by atoms with Gasteiger partial charge in [0.25, 0.3) is 0 Å². The van der Waals surface area contributed by atoms with E-state index in [9.17, 15) is 9.59 Å². The Balaban J connectivity index is 3.04. The van der Waals surface area contributed by atoms with Gasteiger partial charge in [0.2, 0.25) is 0 Å². The molecule has 1 aliphatic rings. The Hall–Kier alpha value is -1.32. The molecule has 0 radical (unpaired) electrons. The van der Waals surface area contributed by atoms with Crippen molar-refractivity contribution < 1.29 is 19.1 Å². The summed E-state index contributed by atoms with van der Waals surface area (Å²) in [6.07, 6.45) is 2.89. The van der Waals surface area contributed by atoms with Gasteiger partial charge >= 0.3 is 11.9 Å². The summed E-state index contributed by atoms with van der Waals surface area (Å²) < 4.78 is 9.56. The van der Waals surface area contributed by atoms with Crippen LogP contribution in [0, 0.1) is 23.7 Å². The van der Waals surface area contributed by atoms with Crippen molar-refractivity contribution in [3.8, 4) is 0 Å². The third kappa shape index (κ3) is 3.58. The van der Waals surface area contributed by atoms with Gasteiger partial charge in [0.15, 0.2) is 5.92 Å². The first-order valence-electron chi connectivity index (χ1n) is 6.73. The Kier molecular flexibility index (Phi) is 5.58. The zero-order valence-electron chi connectivity index (χ0n) is 12.3. The van der Waals surface area contributed by atoms with Crippen LogP contribution in [0.15, 0.2) is 12.2 Å². The smallest absolute Gasteiger partial charge is 0.320 e. The SMILES string of the molecule is C=C(C)C1CCC(C)CC1C(C(=O)OC)C(=O)OC. The zero-order chi connectivity index (χ0) is 14.6. The molecule has 19 heavy (non-hydrogen) atoms. The third-order valence-corrected chi connectivity index (χ3v) is 4.13. The summed E-state index contributed by atoms with van der Waals surface area (Å²) >= 11 is 0. The third-order valence-electron chi connectivity index (χ3n) is 4.13. The number of ether oxygens (including phenoxy) is 2. The molecule has 4 heteroatoms. The molecule has 108 valence electrons. The molecule has 1 fully saturated rings. The predicted molar refractivity (Wildman–Crippen MR) is 72.3 cm³/mol. The van der Waals surface area contributed by atoms with Gasteiger partial charge < -0.3 is 9.47 Å². The summed E-state index contributed by atoms with van der Waals surface area (Å²) in [6, 6.07) is 0. The quantitative estimate of drug-likeness (QED) is 0.447. The van der Waals surface area contributed by atoms with E-state index in [1.165, 1.54) is 14.2 Å². The number of rotatable bonds is 4. The van der Waals surface area contributed by atoms with E-state index in [0.717, 1.165) is 24.8 Å². The van der Waals surface area contributed by atoms with Crippen LogP contribution in [0.1, 0.15) is 33.1 Å². The molecule has 4 nitrogen and oxygen atoms in total. The molecule has 0 heterocycles. The summed E-state index contributed by atoms with van der Waals surface area (Å²) in [5, 5.41) is 0. The highest BCUT2D eigenvalue weighted by Gasteiger charge is 2.43. The van der Waals surface area contributed by atoms with Crippen LogP contribution in [0.2, 0.25) is 0 Å². The summed E-state index contributed by atoms with van der Waals surface area (Å²) in [5.74, 6) is -1.23. The number of hydrogen-bond donors (Lipinski definition) is 0. The zero-order valence-corrected chi connectivity index (χ0v) is 12.3. The van der Waals surface area contributed by atoms with Crippen LogP contribution in [0.5, 0.6) is 0 Å². The number of esters is 2. The Labute approximate surface area is 115 Å². The minimum absolute atomic E-state index is 0.0684. The summed E-state index contributed by atoms with van der Waals surface area (Å²) in [6.45, 7) is 8.11. The van der Waals surface area contributed by atoms with Crippen LogP contribution in [0.3, 0.4) is 0 Å². The van der Waals surface area contributed by atoms with Gasteiger partial charge in [-0.1, -0.05) is 25.5 Å². The van der Waals surface area contributed by atoms with E-state index in [4.69, 9.17) is 9.47 Å². The molecule has 3 atom stereocenters. The monoisotopic (exact) mass is 268 g/mol. The van der Waals surface area contributed by atoms with Crippen molar-refractivity contribution in [1.29, 1.82) is 0 Å². The minimum Gasteiger partial charge on any atom is -0.468 e. The van der Waals surface area contributed by atoms with Crippen molar-refractivity contribution in [3.63, 3.8) is 0 Å². The first-order valence-corrected chi connectivity index (χ1v) is 6.73. The van der Waals surface area contributed by atoms with E-state index < -0.39 is 17.9 Å². The van der Waals surface area contributed by atoms with Crippen LogP contribution in [-0.4, -0.2) is 26.2 Å². The summed E-state index contributed by atoms with van der Waals surface area (Å²) in [7, 11) is 2.61. The lowest BCUT2D eigenvalue weighted by Crippen LogP contribution is -2.40. The number of hydrogen-bond acceptors (Lipinski definition) is 4. The molecule has 0 aromatic carbocycles. The average molecular weight is 268 g/mol. The Morgan fingerprint density at radius 1 is 1.16 bits per heavy atom. The lowest BCUT2D eigenvalue weighted by Gasteiger charge is -2.37. The maximum Gasteiger partial charge on any atom is 0.320 e. The molecule has 0 aromatic rings. The van der Waals surface area contributed by atoms with E-state index in [1.54, 1.807) is 0 Å². The van der Waals surface area contributed by atoms with Crippen LogP contribution in [0.4, 0.5) is 0 Å². The Morgan fingerprint density at radius 3 is 2.11 bits per heavy atom. The predicted octanol–water partition coefficient (Wildman–Crippen LogP) is 2.58. The molecule has 0 aromatic heterocycles. The van der Waals surface area contributed by atoms with Crippen molar-refractivity contribution >= 4 is 11.9 Å². The van der Waals surface area contributed by atoms with Crippen molar-refractivity contribution in [1.82, 2.24) is 0 Å². The fraction of sp³-hybridized carbons (Fsp3) is 0.733. The van der Waals surface area contributed by atoms with Crippen molar-refractivity contribution in [3.05, 3.63) is 12.2 Å². The van der Waals surface area contributed by atoms with Gasteiger partial charge in [0.1, 0.15) is 0 Å². The minimum atomic E-state index is -0.834. The standard InChI is InChI=1S/C15H24O4/c1-9(2)11-7-6-10(3)8-12(11)13(14(16)18-4)15(17)19-5/h10-13H,1,6-8H2,2-5H3. The molecule has 0 aliphatic heterocycles. The van der Waals surface area contributed by atoms with Gasteiger partial charge in [-0.2, -0.15) is 0 Å². The second-order valence-electron chi connectivity index (χ2n) is 5.56. The van der Waals surface area contributed by atoms with Gasteiger partial charge in [0.05, 0.1) is 14.2 Å². The molecule has 1 rings (SSSR count). The van der Waals surface area contributed by atoms with Crippen LogP contribution < -0.4 is 0 Å². The number of carbonyl (C=O) groups is 2. The van der Waals surface area contributed by atoms with Crippen LogP contribution in [0.25, 0.3) is 0 Å². The van der Waals surface area contributed by atoms with E-state index in [-0.39, 0.29) is 11.8 Å². The molecule has 1 saturated carbocycles. The van der Waals surface area contributed by atoms with Gasteiger partial charge in [-0.3, -0.25) is 9.59 Å². The first-order chi connectivity index (χ1) is 8.92. The van der Waals surface area contributed by atoms with Crippen LogP contribution in [-0.2, 0) is 19.1 Å². The second kappa shape index (κ2) is 6.73.